The summed E-state index contributed by atoms with van der Waals surface area (Å²) < 4.78 is 5.78. The van der Waals surface area contributed by atoms with Crippen LogP contribution in [-0.4, -0.2) is 67.0 Å². The normalized spacial score (nSPS) is 21.0. The highest BCUT2D eigenvalue weighted by Crippen LogP contribution is 2.34. The molecule has 2 amide bonds. The van der Waals surface area contributed by atoms with Crippen LogP contribution in [0.15, 0.2) is 24.3 Å². The number of carbonyl (C=O) groups excluding carboxylic acids is 2. The van der Waals surface area contributed by atoms with Crippen LogP contribution in [0.3, 0.4) is 0 Å². The molecule has 1 fully saturated rings. The molecule has 6 heteroatoms. The number of rotatable bonds is 5. The first kappa shape index (κ1) is 17.7. The van der Waals surface area contributed by atoms with E-state index < -0.39 is 6.10 Å². The van der Waals surface area contributed by atoms with Crippen LogP contribution in [0.5, 0.6) is 5.75 Å². The molecule has 2 aliphatic heterocycles. The third-order valence-electron chi connectivity index (χ3n) is 5.06. The summed E-state index contributed by atoms with van der Waals surface area (Å²) in [5, 5.41) is 0. The summed E-state index contributed by atoms with van der Waals surface area (Å²) in [5.41, 5.74) is 0.765. The lowest BCUT2D eigenvalue weighted by Gasteiger charge is -2.36. The second-order valence-corrected chi connectivity index (χ2v) is 6.54. The number of anilines is 1. The van der Waals surface area contributed by atoms with Gasteiger partial charge in [0, 0.05) is 39.1 Å². The number of hydrogen-bond acceptors (Lipinski definition) is 4. The summed E-state index contributed by atoms with van der Waals surface area (Å²) in [6.07, 6.45) is 0.511. The minimum Gasteiger partial charge on any atom is -0.478 e. The molecule has 0 spiro atoms. The van der Waals surface area contributed by atoms with Crippen LogP contribution in [0.25, 0.3) is 0 Å². The van der Waals surface area contributed by atoms with E-state index in [1.807, 2.05) is 36.1 Å². The van der Waals surface area contributed by atoms with Gasteiger partial charge in [-0.25, -0.2) is 0 Å². The first-order valence-electron chi connectivity index (χ1n) is 9.21. The summed E-state index contributed by atoms with van der Waals surface area (Å²) in [6.45, 7) is 8.92. The minimum absolute atomic E-state index is 0.0511. The van der Waals surface area contributed by atoms with Crippen molar-refractivity contribution in [3.8, 4) is 5.75 Å². The van der Waals surface area contributed by atoms with Gasteiger partial charge in [0.25, 0.3) is 5.91 Å². The number of likely N-dealkylation sites (N-methyl/N-ethyl adjacent to an activating group) is 1. The van der Waals surface area contributed by atoms with Crippen molar-refractivity contribution >= 4 is 17.5 Å². The minimum atomic E-state index is -0.460. The second-order valence-electron chi connectivity index (χ2n) is 6.54. The van der Waals surface area contributed by atoms with E-state index in [9.17, 15) is 9.59 Å². The zero-order valence-corrected chi connectivity index (χ0v) is 15.1. The van der Waals surface area contributed by atoms with E-state index in [4.69, 9.17) is 4.74 Å². The van der Waals surface area contributed by atoms with Crippen LogP contribution in [0.2, 0.25) is 0 Å². The largest absolute Gasteiger partial charge is 0.478 e. The van der Waals surface area contributed by atoms with Crippen LogP contribution < -0.4 is 9.64 Å². The van der Waals surface area contributed by atoms with Gasteiger partial charge in [-0.3, -0.25) is 9.59 Å². The molecule has 0 N–H and O–H groups in total. The quantitative estimate of drug-likeness (QED) is 0.816. The molecule has 1 aromatic carbocycles. The Labute approximate surface area is 149 Å². The van der Waals surface area contributed by atoms with Gasteiger partial charge in [0.15, 0.2) is 6.10 Å². The molecule has 136 valence electrons. The first-order chi connectivity index (χ1) is 12.1. The molecule has 6 nitrogen and oxygen atoms in total. The maximum absolute atomic E-state index is 12.7. The first-order valence-corrected chi connectivity index (χ1v) is 9.21. The van der Waals surface area contributed by atoms with Gasteiger partial charge in [0.05, 0.1) is 5.69 Å². The van der Waals surface area contributed by atoms with Gasteiger partial charge >= 0.3 is 0 Å². The fourth-order valence-corrected chi connectivity index (χ4v) is 3.44. The Balaban J connectivity index is 1.63. The predicted octanol–water partition coefficient (Wildman–Crippen LogP) is 1.74. The van der Waals surface area contributed by atoms with E-state index in [1.165, 1.54) is 0 Å². The van der Waals surface area contributed by atoms with E-state index in [2.05, 4.69) is 11.8 Å². The van der Waals surface area contributed by atoms with Crippen molar-refractivity contribution < 1.29 is 14.3 Å². The van der Waals surface area contributed by atoms with Gasteiger partial charge in [-0.15, -0.1) is 0 Å². The standard InChI is InChI=1S/C19H27N3O3/c1-3-16-19(24)22(15-7-5-6-8-17(15)25-16)10-9-18(23)21-13-11-20(4-2)12-14-21/h5-8,16H,3-4,9-14H2,1-2H3. The molecule has 0 saturated carbocycles. The lowest BCUT2D eigenvalue weighted by molar-refractivity contribution is -0.132. The van der Waals surface area contributed by atoms with Crippen molar-refractivity contribution in [1.29, 1.82) is 0 Å². The number of amides is 2. The Bertz CT molecular complexity index is 626. The van der Waals surface area contributed by atoms with Crippen LogP contribution in [0.1, 0.15) is 26.7 Å². The van der Waals surface area contributed by atoms with Crippen molar-refractivity contribution in [3.05, 3.63) is 24.3 Å². The molecule has 2 aliphatic rings. The fraction of sp³-hybridized carbons (Fsp3) is 0.579. The number of nitrogens with zero attached hydrogens (tertiary/aromatic N) is 3. The van der Waals surface area contributed by atoms with Gasteiger partial charge in [-0.1, -0.05) is 26.0 Å². The Morgan fingerprint density at radius 3 is 2.56 bits per heavy atom. The van der Waals surface area contributed by atoms with Crippen LogP contribution in [0, 0.1) is 0 Å². The Kier molecular flexibility index (Phi) is 5.58. The molecule has 1 atom stereocenters. The van der Waals surface area contributed by atoms with E-state index in [1.54, 1.807) is 4.90 Å². The van der Waals surface area contributed by atoms with E-state index in [0.717, 1.165) is 44.2 Å². The maximum Gasteiger partial charge on any atom is 0.268 e. The molecular weight excluding hydrogens is 318 g/mol. The van der Waals surface area contributed by atoms with Crippen molar-refractivity contribution in [2.75, 3.05) is 44.2 Å². The monoisotopic (exact) mass is 345 g/mol. The van der Waals surface area contributed by atoms with Crippen molar-refractivity contribution in [2.45, 2.75) is 32.8 Å². The topological polar surface area (TPSA) is 53.1 Å². The molecular formula is C19H27N3O3. The highest BCUT2D eigenvalue weighted by Gasteiger charge is 2.33. The number of piperazine rings is 1. The number of fused-ring (bicyclic) bond motifs is 1. The van der Waals surface area contributed by atoms with Crippen LogP contribution in [-0.2, 0) is 9.59 Å². The third-order valence-corrected chi connectivity index (χ3v) is 5.06. The Morgan fingerprint density at radius 2 is 1.88 bits per heavy atom. The maximum atomic E-state index is 12.7. The smallest absolute Gasteiger partial charge is 0.268 e. The van der Waals surface area contributed by atoms with Crippen LogP contribution >= 0.6 is 0 Å². The fourth-order valence-electron chi connectivity index (χ4n) is 3.44. The lowest BCUT2D eigenvalue weighted by Crippen LogP contribution is -2.50. The highest BCUT2D eigenvalue weighted by atomic mass is 16.5. The zero-order chi connectivity index (χ0) is 17.8. The summed E-state index contributed by atoms with van der Waals surface area (Å²) in [6, 6.07) is 7.55. The number of hydrogen-bond donors (Lipinski definition) is 0. The molecule has 0 bridgehead atoms. The summed E-state index contributed by atoms with van der Waals surface area (Å²) in [5.74, 6) is 0.795. The van der Waals surface area contributed by atoms with Crippen molar-refractivity contribution in [2.24, 2.45) is 0 Å². The molecule has 0 aromatic heterocycles. The average Bonchev–Trinajstić information content (AvgIpc) is 2.66. The SMILES string of the molecule is CCC1Oc2ccccc2N(CCC(=O)N2CCN(CC)CC2)C1=O. The average molecular weight is 345 g/mol. The molecule has 25 heavy (non-hydrogen) atoms. The van der Waals surface area contributed by atoms with Gasteiger partial charge in [0.1, 0.15) is 5.75 Å². The Hall–Kier alpha value is -2.08. The van der Waals surface area contributed by atoms with E-state index >= 15 is 0 Å². The van der Waals surface area contributed by atoms with Gasteiger partial charge in [0.2, 0.25) is 5.91 Å². The number of ether oxygens (including phenoxy) is 1. The van der Waals surface area contributed by atoms with E-state index in [-0.39, 0.29) is 11.8 Å². The third kappa shape index (κ3) is 3.79. The molecule has 2 heterocycles. The van der Waals surface area contributed by atoms with Gasteiger partial charge in [-0.2, -0.15) is 0 Å². The summed E-state index contributed by atoms with van der Waals surface area (Å²) >= 11 is 0. The summed E-state index contributed by atoms with van der Waals surface area (Å²) in [7, 11) is 0. The summed E-state index contributed by atoms with van der Waals surface area (Å²) in [4.78, 5) is 31.2. The molecule has 1 unspecified atom stereocenters. The molecule has 0 radical (unpaired) electrons. The second kappa shape index (κ2) is 7.87. The van der Waals surface area contributed by atoms with Crippen molar-refractivity contribution in [3.63, 3.8) is 0 Å². The van der Waals surface area contributed by atoms with Crippen LogP contribution in [0.4, 0.5) is 5.69 Å². The van der Waals surface area contributed by atoms with Gasteiger partial charge < -0.3 is 19.4 Å². The number of para-hydroxylation sites is 2. The van der Waals surface area contributed by atoms with E-state index in [0.29, 0.717) is 19.4 Å². The number of benzene rings is 1. The number of carbonyl (C=O) groups is 2. The van der Waals surface area contributed by atoms with Crippen molar-refractivity contribution in [1.82, 2.24) is 9.80 Å². The highest BCUT2D eigenvalue weighted by molar-refractivity contribution is 6.00. The lowest BCUT2D eigenvalue weighted by atomic mass is 10.1. The predicted molar refractivity (Wildman–Crippen MR) is 96.8 cm³/mol. The molecule has 3 rings (SSSR count). The molecule has 1 aromatic rings. The Morgan fingerprint density at radius 1 is 1.16 bits per heavy atom. The zero-order valence-electron chi connectivity index (χ0n) is 15.1. The molecule has 0 aliphatic carbocycles. The van der Waals surface area contributed by atoms with Gasteiger partial charge in [-0.05, 0) is 25.1 Å². The molecule has 1 saturated heterocycles.